The molecule has 4 heteroatoms. The van der Waals surface area contributed by atoms with E-state index < -0.39 is 6.10 Å². The number of hydrogen-bond donors (Lipinski definition) is 1. The van der Waals surface area contributed by atoms with Gasteiger partial charge in [0.15, 0.2) is 6.10 Å². The third-order valence-corrected chi connectivity index (χ3v) is 6.32. The molecule has 0 aliphatic carbocycles. The highest BCUT2D eigenvalue weighted by atomic mass is 16.5. The lowest BCUT2D eigenvalue weighted by atomic mass is 9.98. The molecule has 3 aromatic rings. The minimum absolute atomic E-state index is 0.0819. The van der Waals surface area contributed by atoms with Crippen molar-refractivity contribution in [2.75, 3.05) is 18.0 Å². The lowest BCUT2D eigenvalue weighted by Gasteiger charge is -2.32. The van der Waals surface area contributed by atoms with Gasteiger partial charge in [0.2, 0.25) is 0 Å². The molecule has 0 spiro atoms. The summed E-state index contributed by atoms with van der Waals surface area (Å²) in [6.07, 6.45) is 1.92. The number of nitrogens with one attached hydrogen (secondary N) is 1. The SMILES string of the molecule is CC1CCN(c2ccc(C(C)NC(=O)C(C)Oc3cccc4ccccc34)cc2)CC1. The quantitative estimate of drug-likeness (QED) is 0.559. The van der Waals surface area contributed by atoms with Gasteiger partial charge in [0.05, 0.1) is 6.04 Å². The minimum Gasteiger partial charge on any atom is -0.480 e. The van der Waals surface area contributed by atoms with E-state index in [1.54, 1.807) is 6.92 Å². The lowest BCUT2D eigenvalue weighted by Crippen LogP contribution is -2.37. The van der Waals surface area contributed by atoms with Crippen molar-refractivity contribution in [3.63, 3.8) is 0 Å². The first-order chi connectivity index (χ1) is 15.0. The maximum atomic E-state index is 12.8. The largest absolute Gasteiger partial charge is 0.480 e. The molecule has 1 heterocycles. The number of fused-ring (bicyclic) bond motifs is 1. The fourth-order valence-corrected chi connectivity index (χ4v) is 4.20. The van der Waals surface area contributed by atoms with E-state index in [0.29, 0.717) is 0 Å². The number of ether oxygens (including phenoxy) is 1. The van der Waals surface area contributed by atoms with Crippen molar-refractivity contribution in [3.05, 3.63) is 72.3 Å². The maximum absolute atomic E-state index is 12.8. The maximum Gasteiger partial charge on any atom is 0.261 e. The monoisotopic (exact) mass is 416 g/mol. The Morgan fingerprint density at radius 3 is 2.39 bits per heavy atom. The van der Waals surface area contributed by atoms with Gasteiger partial charge in [-0.25, -0.2) is 0 Å². The molecule has 4 rings (SSSR count). The molecule has 0 bridgehead atoms. The predicted octanol–water partition coefficient (Wildman–Crippen LogP) is 5.72. The third kappa shape index (κ3) is 5.01. The van der Waals surface area contributed by atoms with E-state index in [2.05, 4.69) is 41.4 Å². The second kappa shape index (κ2) is 9.42. The first-order valence-electron chi connectivity index (χ1n) is 11.3. The van der Waals surface area contributed by atoms with Gasteiger partial charge in [0.1, 0.15) is 5.75 Å². The number of benzene rings is 3. The van der Waals surface area contributed by atoms with Gasteiger partial charge in [-0.1, -0.05) is 55.5 Å². The molecule has 3 aromatic carbocycles. The van der Waals surface area contributed by atoms with Crippen molar-refractivity contribution >= 4 is 22.4 Å². The fraction of sp³-hybridized carbons (Fsp3) is 0.370. The molecular formula is C27H32N2O2. The third-order valence-electron chi connectivity index (χ3n) is 6.32. The second-order valence-electron chi connectivity index (χ2n) is 8.73. The first-order valence-corrected chi connectivity index (χ1v) is 11.3. The summed E-state index contributed by atoms with van der Waals surface area (Å²) in [4.78, 5) is 15.2. The fourth-order valence-electron chi connectivity index (χ4n) is 4.20. The van der Waals surface area contributed by atoms with E-state index in [1.807, 2.05) is 49.4 Å². The summed E-state index contributed by atoms with van der Waals surface area (Å²) in [6, 6.07) is 22.5. The second-order valence-corrected chi connectivity index (χ2v) is 8.73. The number of piperidine rings is 1. The molecule has 4 nitrogen and oxygen atoms in total. The Morgan fingerprint density at radius 2 is 1.65 bits per heavy atom. The van der Waals surface area contributed by atoms with E-state index in [1.165, 1.54) is 18.5 Å². The van der Waals surface area contributed by atoms with E-state index in [0.717, 1.165) is 41.1 Å². The Kier molecular flexibility index (Phi) is 6.45. The molecule has 1 aliphatic heterocycles. The van der Waals surface area contributed by atoms with Gasteiger partial charge < -0.3 is 15.0 Å². The van der Waals surface area contributed by atoms with Crippen molar-refractivity contribution < 1.29 is 9.53 Å². The molecule has 1 N–H and O–H groups in total. The molecule has 1 aliphatic rings. The molecule has 2 unspecified atom stereocenters. The summed E-state index contributed by atoms with van der Waals surface area (Å²) in [7, 11) is 0. The summed E-state index contributed by atoms with van der Waals surface area (Å²) in [6.45, 7) is 8.38. The van der Waals surface area contributed by atoms with Crippen LogP contribution in [0.25, 0.3) is 10.8 Å². The minimum atomic E-state index is -0.581. The van der Waals surface area contributed by atoms with Crippen LogP contribution < -0.4 is 15.0 Å². The van der Waals surface area contributed by atoms with E-state index in [9.17, 15) is 4.79 Å². The number of carbonyl (C=O) groups excluding carboxylic acids is 1. The molecule has 0 aromatic heterocycles. The summed E-state index contributed by atoms with van der Waals surface area (Å²) in [5.41, 5.74) is 2.36. The number of carbonyl (C=O) groups is 1. The number of anilines is 1. The molecule has 31 heavy (non-hydrogen) atoms. The zero-order valence-corrected chi connectivity index (χ0v) is 18.7. The summed E-state index contributed by atoms with van der Waals surface area (Å²) in [5, 5.41) is 5.21. The number of rotatable bonds is 6. The number of nitrogens with zero attached hydrogens (tertiary/aromatic N) is 1. The summed E-state index contributed by atoms with van der Waals surface area (Å²) < 4.78 is 6.01. The van der Waals surface area contributed by atoms with Crippen LogP contribution in [0.3, 0.4) is 0 Å². The van der Waals surface area contributed by atoms with Crippen molar-refractivity contribution in [1.29, 1.82) is 0 Å². The number of amides is 1. The topological polar surface area (TPSA) is 41.6 Å². The van der Waals surface area contributed by atoms with E-state index in [-0.39, 0.29) is 11.9 Å². The van der Waals surface area contributed by atoms with Crippen LogP contribution in [0.2, 0.25) is 0 Å². The van der Waals surface area contributed by atoms with Crippen LogP contribution in [0.4, 0.5) is 5.69 Å². The zero-order valence-electron chi connectivity index (χ0n) is 18.7. The van der Waals surface area contributed by atoms with Crippen molar-refractivity contribution in [3.8, 4) is 5.75 Å². The Morgan fingerprint density at radius 1 is 0.968 bits per heavy atom. The lowest BCUT2D eigenvalue weighted by molar-refractivity contribution is -0.127. The predicted molar refractivity (Wildman–Crippen MR) is 128 cm³/mol. The molecule has 1 saturated heterocycles. The Labute approximate surface area is 185 Å². The van der Waals surface area contributed by atoms with Crippen LogP contribution in [0.15, 0.2) is 66.7 Å². The van der Waals surface area contributed by atoms with Crippen LogP contribution in [-0.4, -0.2) is 25.1 Å². The molecule has 0 saturated carbocycles. The van der Waals surface area contributed by atoms with Crippen LogP contribution >= 0.6 is 0 Å². The van der Waals surface area contributed by atoms with Gasteiger partial charge in [-0.2, -0.15) is 0 Å². The van der Waals surface area contributed by atoms with Crippen LogP contribution in [0.1, 0.15) is 45.2 Å². The Bertz CT molecular complexity index is 1020. The van der Waals surface area contributed by atoms with Crippen molar-refractivity contribution in [1.82, 2.24) is 5.32 Å². The first kappa shape index (κ1) is 21.2. The smallest absolute Gasteiger partial charge is 0.261 e. The normalized spacial score (nSPS) is 16.7. The Balaban J connectivity index is 1.36. The van der Waals surface area contributed by atoms with Crippen molar-refractivity contribution in [2.24, 2.45) is 5.92 Å². The standard InChI is InChI=1S/C27H32N2O2/c1-19-15-17-29(18-16-19)24-13-11-22(12-14-24)20(2)28-27(30)21(3)31-26-10-6-8-23-7-4-5-9-25(23)26/h4-14,19-21H,15-18H2,1-3H3,(H,28,30). The van der Waals surface area contributed by atoms with Gasteiger partial charge in [0, 0.05) is 24.2 Å². The molecule has 1 amide bonds. The summed E-state index contributed by atoms with van der Waals surface area (Å²) >= 11 is 0. The van der Waals surface area contributed by atoms with Crippen molar-refractivity contribution in [2.45, 2.75) is 45.8 Å². The molecule has 0 radical (unpaired) electrons. The number of hydrogen-bond acceptors (Lipinski definition) is 3. The molecule has 1 fully saturated rings. The summed E-state index contributed by atoms with van der Waals surface area (Å²) in [5.74, 6) is 1.44. The average Bonchev–Trinajstić information content (AvgIpc) is 2.80. The van der Waals surface area contributed by atoms with E-state index in [4.69, 9.17) is 4.74 Å². The van der Waals surface area contributed by atoms with Gasteiger partial charge in [-0.3, -0.25) is 4.79 Å². The average molecular weight is 417 g/mol. The molecule has 162 valence electrons. The highest BCUT2D eigenvalue weighted by Gasteiger charge is 2.20. The van der Waals surface area contributed by atoms with Gasteiger partial charge in [-0.05, 0) is 61.8 Å². The molecule has 2 atom stereocenters. The van der Waals surface area contributed by atoms with Gasteiger partial charge >= 0.3 is 0 Å². The van der Waals surface area contributed by atoms with Crippen LogP contribution in [0, 0.1) is 5.92 Å². The van der Waals surface area contributed by atoms with Gasteiger partial charge in [-0.15, -0.1) is 0 Å². The van der Waals surface area contributed by atoms with Crippen LogP contribution in [-0.2, 0) is 4.79 Å². The van der Waals surface area contributed by atoms with E-state index >= 15 is 0 Å². The highest BCUT2D eigenvalue weighted by molar-refractivity contribution is 5.89. The van der Waals surface area contributed by atoms with Gasteiger partial charge in [0.25, 0.3) is 5.91 Å². The van der Waals surface area contributed by atoms with Crippen LogP contribution in [0.5, 0.6) is 5.75 Å². The Hall–Kier alpha value is -3.01. The molecular weight excluding hydrogens is 384 g/mol. The highest BCUT2D eigenvalue weighted by Crippen LogP contribution is 2.27. The zero-order chi connectivity index (χ0) is 21.8.